The first kappa shape index (κ1) is 13.2. The fraction of sp³-hybridized carbons (Fsp3) is 0.118. The second-order valence-electron chi connectivity index (χ2n) is 5.09. The molecule has 0 aliphatic rings. The highest BCUT2D eigenvalue weighted by Crippen LogP contribution is 2.22. The van der Waals surface area contributed by atoms with Gasteiger partial charge in [0.25, 0.3) is 0 Å². The van der Waals surface area contributed by atoms with Crippen LogP contribution in [0.4, 0.5) is 11.4 Å². The van der Waals surface area contributed by atoms with E-state index in [2.05, 4.69) is 5.32 Å². The molecule has 0 aliphatic heterocycles. The van der Waals surface area contributed by atoms with Crippen LogP contribution in [-0.4, -0.2) is 10.5 Å². The number of carbonyl (C=O) groups is 1. The van der Waals surface area contributed by atoms with E-state index in [1.54, 1.807) is 0 Å². The average Bonchev–Trinajstić information content (AvgIpc) is 2.86. The van der Waals surface area contributed by atoms with Crippen LogP contribution >= 0.6 is 0 Å². The quantitative estimate of drug-likeness (QED) is 0.723. The van der Waals surface area contributed by atoms with Crippen molar-refractivity contribution < 1.29 is 4.79 Å². The van der Waals surface area contributed by atoms with E-state index in [0.29, 0.717) is 5.69 Å². The predicted octanol–water partition coefficient (Wildman–Crippen LogP) is 3.17. The molecular formula is C17H17N3O. The Morgan fingerprint density at radius 1 is 1.14 bits per heavy atom. The lowest BCUT2D eigenvalue weighted by atomic mass is 10.2. The van der Waals surface area contributed by atoms with Crippen molar-refractivity contribution in [3.8, 4) is 0 Å². The molecule has 21 heavy (non-hydrogen) atoms. The SMILES string of the molecule is Cc1ccccc1NC(=O)Cn1ccc2cccc(N)c21. The first-order valence-corrected chi connectivity index (χ1v) is 6.84. The topological polar surface area (TPSA) is 60.0 Å². The van der Waals surface area contributed by atoms with Gasteiger partial charge >= 0.3 is 0 Å². The molecule has 1 aromatic heterocycles. The van der Waals surface area contributed by atoms with Crippen LogP contribution in [0.25, 0.3) is 10.9 Å². The summed E-state index contributed by atoms with van der Waals surface area (Å²) in [7, 11) is 0. The Balaban J connectivity index is 1.83. The largest absolute Gasteiger partial charge is 0.397 e. The van der Waals surface area contributed by atoms with Gasteiger partial charge < -0.3 is 15.6 Å². The number of para-hydroxylation sites is 2. The number of aromatic nitrogens is 1. The van der Waals surface area contributed by atoms with E-state index < -0.39 is 0 Å². The molecule has 0 aliphatic carbocycles. The zero-order valence-electron chi connectivity index (χ0n) is 11.8. The lowest BCUT2D eigenvalue weighted by Gasteiger charge is -2.10. The molecule has 3 aromatic rings. The van der Waals surface area contributed by atoms with Crippen molar-refractivity contribution in [1.29, 1.82) is 0 Å². The van der Waals surface area contributed by atoms with Crippen molar-refractivity contribution in [1.82, 2.24) is 4.57 Å². The molecule has 0 saturated carbocycles. The summed E-state index contributed by atoms with van der Waals surface area (Å²) >= 11 is 0. The molecule has 4 nitrogen and oxygen atoms in total. The van der Waals surface area contributed by atoms with Crippen LogP contribution in [0.2, 0.25) is 0 Å². The number of nitrogens with zero attached hydrogens (tertiary/aromatic N) is 1. The third-order valence-electron chi connectivity index (χ3n) is 3.55. The molecule has 0 bridgehead atoms. The second kappa shape index (κ2) is 5.32. The van der Waals surface area contributed by atoms with Crippen molar-refractivity contribution >= 4 is 28.2 Å². The van der Waals surface area contributed by atoms with Crippen molar-refractivity contribution in [3.63, 3.8) is 0 Å². The number of hydrogen-bond acceptors (Lipinski definition) is 2. The van der Waals surface area contributed by atoms with Gasteiger partial charge in [0.15, 0.2) is 0 Å². The highest BCUT2D eigenvalue weighted by molar-refractivity contribution is 5.95. The molecule has 3 rings (SSSR count). The summed E-state index contributed by atoms with van der Waals surface area (Å²) in [5.74, 6) is -0.0648. The van der Waals surface area contributed by atoms with Crippen molar-refractivity contribution in [3.05, 3.63) is 60.3 Å². The summed E-state index contributed by atoms with van der Waals surface area (Å²) in [6, 6.07) is 15.4. The molecule has 3 N–H and O–H groups in total. The second-order valence-corrected chi connectivity index (χ2v) is 5.09. The summed E-state index contributed by atoms with van der Waals surface area (Å²) in [5.41, 5.74) is 9.47. The van der Waals surface area contributed by atoms with Crippen molar-refractivity contribution in [2.45, 2.75) is 13.5 Å². The Kier molecular flexibility index (Phi) is 3.36. The van der Waals surface area contributed by atoms with E-state index in [-0.39, 0.29) is 12.5 Å². The summed E-state index contributed by atoms with van der Waals surface area (Å²) in [6.45, 7) is 2.21. The van der Waals surface area contributed by atoms with Gasteiger partial charge in [0.1, 0.15) is 6.54 Å². The van der Waals surface area contributed by atoms with E-state index in [9.17, 15) is 4.79 Å². The smallest absolute Gasteiger partial charge is 0.244 e. The monoisotopic (exact) mass is 279 g/mol. The number of amides is 1. The maximum Gasteiger partial charge on any atom is 0.244 e. The first-order chi connectivity index (χ1) is 10.1. The Morgan fingerprint density at radius 2 is 1.95 bits per heavy atom. The number of fused-ring (bicyclic) bond motifs is 1. The molecular weight excluding hydrogens is 262 g/mol. The molecule has 1 heterocycles. The average molecular weight is 279 g/mol. The third-order valence-corrected chi connectivity index (χ3v) is 3.55. The maximum atomic E-state index is 12.2. The zero-order valence-corrected chi connectivity index (χ0v) is 11.8. The Hall–Kier alpha value is -2.75. The molecule has 0 atom stereocenters. The summed E-state index contributed by atoms with van der Waals surface area (Å²) in [5, 5.41) is 3.97. The third kappa shape index (κ3) is 2.60. The van der Waals surface area contributed by atoms with Crippen LogP contribution in [0.1, 0.15) is 5.56 Å². The van der Waals surface area contributed by atoms with Crippen LogP contribution in [0, 0.1) is 6.92 Å². The Morgan fingerprint density at radius 3 is 2.76 bits per heavy atom. The number of nitrogen functional groups attached to an aromatic ring is 1. The van der Waals surface area contributed by atoms with Crippen LogP contribution in [0.15, 0.2) is 54.7 Å². The van der Waals surface area contributed by atoms with Gasteiger partial charge in [0.05, 0.1) is 11.2 Å². The summed E-state index contributed by atoms with van der Waals surface area (Å²) in [4.78, 5) is 12.2. The van der Waals surface area contributed by atoms with Crippen molar-refractivity contribution in [2.24, 2.45) is 0 Å². The Labute approximate surface area is 123 Å². The normalized spacial score (nSPS) is 10.7. The fourth-order valence-corrected chi connectivity index (χ4v) is 2.48. The van der Waals surface area contributed by atoms with Crippen LogP contribution in [0.5, 0.6) is 0 Å². The van der Waals surface area contributed by atoms with E-state index in [4.69, 9.17) is 5.73 Å². The Bertz CT molecular complexity index is 805. The molecule has 0 unspecified atom stereocenters. The van der Waals surface area contributed by atoms with Gasteiger partial charge in [-0.2, -0.15) is 0 Å². The minimum Gasteiger partial charge on any atom is -0.397 e. The lowest BCUT2D eigenvalue weighted by Crippen LogP contribution is -2.19. The number of rotatable bonds is 3. The standard InChI is InChI=1S/C17H17N3O/c1-12-5-2-3-8-15(12)19-16(21)11-20-10-9-13-6-4-7-14(18)17(13)20/h2-10H,11,18H2,1H3,(H,19,21). The highest BCUT2D eigenvalue weighted by atomic mass is 16.1. The number of nitrogens with two attached hydrogens (primary N) is 1. The molecule has 106 valence electrons. The maximum absolute atomic E-state index is 12.2. The molecule has 2 aromatic carbocycles. The number of anilines is 2. The minimum absolute atomic E-state index is 0.0648. The van der Waals surface area contributed by atoms with Gasteiger partial charge in [-0.3, -0.25) is 4.79 Å². The predicted molar refractivity (Wildman–Crippen MR) is 86.2 cm³/mol. The molecule has 1 amide bonds. The minimum atomic E-state index is -0.0648. The number of hydrogen-bond donors (Lipinski definition) is 2. The number of nitrogens with one attached hydrogen (secondary N) is 1. The van der Waals surface area contributed by atoms with Gasteiger partial charge in [-0.25, -0.2) is 0 Å². The van der Waals surface area contributed by atoms with Crippen LogP contribution < -0.4 is 11.1 Å². The molecule has 0 fully saturated rings. The van der Waals surface area contributed by atoms with Crippen LogP contribution in [-0.2, 0) is 11.3 Å². The van der Waals surface area contributed by atoms with Gasteiger partial charge in [-0.15, -0.1) is 0 Å². The van der Waals surface area contributed by atoms with Gasteiger partial charge in [0.2, 0.25) is 5.91 Å². The van der Waals surface area contributed by atoms with Gasteiger partial charge in [-0.1, -0.05) is 30.3 Å². The molecule has 0 saturated heterocycles. The van der Waals surface area contributed by atoms with Gasteiger partial charge in [-0.05, 0) is 30.7 Å². The van der Waals surface area contributed by atoms with Gasteiger partial charge in [0, 0.05) is 17.3 Å². The zero-order chi connectivity index (χ0) is 14.8. The highest BCUT2D eigenvalue weighted by Gasteiger charge is 2.09. The molecule has 0 radical (unpaired) electrons. The first-order valence-electron chi connectivity index (χ1n) is 6.84. The lowest BCUT2D eigenvalue weighted by molar-refractivity contribution is -0.116. The van der Waals surface area contributed by atoms with E-state index in [1.165, 1.54) is 0 Å². The summed E-state index contributed by atoms with van der Waals surface area (Å²) < 4.78 is 1.87. The van der Waals surface area contributed by atoms with Crippen LogP contribution in [0.3, 0.4) is 0 Å². The molecule has 0 spiro atoms. The molecule has 4 heteroatoms. The van der Waals surface area contributed by atoms with E-state index in [1.807, 2.05) is 66.2 Å². The summed E-state index contributed by atoms with van der Waals surface area (Å²) in [6.07, 6.45) is 1.89. The van der Waals surface area contributed by atoms with E-state index in [0.717, 1.165) is 22.2 Å². The fourth-order valence-electron chi connectivity index (χ4n) is 2.48. The van der Waals surface area contributed by atoms with E-state index >= 15 is 0 Å². The number of benzene rings is 2. The van der Waals surface area contributed by atoms with Crippen molar-refractivity contribution in [2.75, 3.05) is 11.1 Å². The number of carbonyl (C=O) groups excluding carboxylic acids is 1. The number of aryl methyl sites for hydroxylation is 1.